The third-order valence-electron chi connectivity index (χ3n) is 8.36. The summed E-state index contributed by atoms with van der Waals surface area (Å²) >= 11 is 0. The third kappa shape index (κ3) is 5.63. The summed E-state index contributed by atoms with van der Waals surface area (Å²) < 4.78 is 98.0. The highest BCUT2D eigenvalue weighted by Gasteiger charge is 2.51. The molecule has 0 bridgehead atoms. The monoisotopic (exact) mass is 648 g/mol. The maximum Gasteiger partial charge on any atom is 0.416 e. The molecular formula is C30H26F6N6O2S. The van der Waals surface area contributed by atoms with E-state index in [2.05, 4.69) is 15.2 Å². The number of ketones is 1. The molecule has 3 unspecified atom stereocenters. The third-order valence-corrected chi connectivity index (χ3v) is 9.91. The first kappa shape index (κ1) is 30.9. The van der Waals surface area contributed by atoms with Gasteiger partial charge in [0.05, 0.1) is 28.6 Å². The number of hydrogen-bond acceptors (Lipinski definition) is 5. The van der Waals surface area contributed by atoms with Crippen molar-refractivity contribution >= 4 is 22.8 Å². The molecule has 2 aliphatic carbocycles. The van der Waals surface area contributed by atoms with Gasteiger partial charge in [-0.15, -0.1) is 0 Å². The van der Waals surface area contributed by atoms with E-state index < -0.39 is 52.3 Å². The van der Waals surface area contributed by atoms with Gasteiger partial charge in [-0.3, -0.25) is 9.78 Å². The number of nitrogens with zero attached hydrogens (tertiary/aromatic N) is 6. The van der Waals surface area contributed by atoms with Crippen molar-refractivity contribution in [3.05, 3.63) is 95.0 Å². The lowest BCUT2D eigenvalue weighted by molar-refractivity contribution is -0.137. The molecule has 0 amide bonds. The number of alkyl halides is 5. The van der Waals surface area contributed by atoms with Gasteiger partial charge in [0.2, 0.25) is 0 Å². The van der Waals surface area contributed by atoms with Crippen molar-refractivity contribution in [2.75, 3.05) is 6.54 Å². The molecule has 3 heterocycles. The van der Waals surface area contributed by atoms with E-state index in [-0.39, 0.29) is 30.1 Å². The average Bonchev–Trinajstić information content (AvgIpc) is 3.68. The number of carbonyl (C=O) groups is 1. The van der Waals surface area contributed by atoms with E-state index in [1.165, 1.54) is 18.2 Å². The maximum atomic E-state index is 14.4. The van der Waals surface area contributed by atoms with Crippen molar-refractivity contribution in [2.45, 2.75) is 56.4 Å². The highest BCUT2D eigenvalue weighted by Crippen LogP contribution is 2.51. The van der Waals surface area contributed by atoms with Crippen LogP contribution < -0.4 is 0 Å². The molecule has 0 N–H and O–H groups in total. The van der Waals surface area contributed by atoms with Crippen LogP contribution in [0.5, 0.6) is 0 Å². The fraction of sp³-hybridized carbons (Fsp3) is 0.333. The molecular weight excluding hydrogens is 622 g/mol. The van der Waals surface area contributed by atoms with Crippen molar-refractivity contribution in [1.29, 1.82) is 0 Å². The lowest BCUT2D eigenvalue weighted by atomic mass is 9.60. The Labute approximate surface area is 256 Å². The van der Waals surface area contributed by atoms with Crippen molar-refractivity contribution in [1.82, 2.24) is 28.9 Å². The summed E-state index contributed by atoms with van der Waals surface area (Å²) in [6, 6.07) is 7.95. The number of benzene rings is 1. The number of pyridine rings is 1. The van der Waals surface area contributed by atoms with Gasteiger partial charge in [0.25, 0.3) is 0 Å². The van der Waals surface area contributed by atoms with E-state index in [1.54, 1.807) is 40.3 Å². The Kier molecular flexibility index (Phi) is 8.01. The first-order valence-corrected chi connectivity index (χ1v) is 15.2. The molecule has 3 aromatic heterocycles. The lowest BCUT2D eigenvalue weighted by Crippen LogP contribution is -2.49. The molecule has 236 valence electrons. The smallest absolute Gasteiger partial charge is 0.291 e. The predicted molar refractivity (Wildman–Crippen MR) is 151 cm³/mol. The number of allylic oxidation sites excluding steroid dienone is 1. The quantitative estimate of drug-likeness (QED) is 0.163. The van der Waals surface area contributed by atoms with Crippen LogP contribution >= 0.6 is 0 Å². The predicted octanol–water partition coefficient (Wildman–Crippen LogP) is 6.42. The second-order valence-corrected chi connectivity index (χ2v) is 12.3. The molecule has 0 saturated heterocycles. The molecule has 15 heteroatoms. The van der Waals surface area contributed by atoms with E-state index in [1.807, 2.05) is 0 Å². The largest absolute Gasteiger partial charge is 0.416 e. The molecule has 0 aliphatic heterocycles. The second kappa shape index (κ2) is 11.7. The Morgan fingerprint density at radius 2 is 1.93 bits per heavy atom. The number of fused-ring (bicyclic) bond motifs is 2. The first-order chi connectivity index (χ1) is 21.4. The Morgan fingerprint density at radius 3 is 2.60 bits per heavy atom. The molecule has 8 nitrogen and oxygen atoms in total. The molecule has 1 aromatic carbocycles. The number of aromatic nitrogens is 5. The van der Waals surface area contributed by atoms with Gasteiger partial charge in [0, 0.05) is 25.0 Å². The summed E-state index contributed by atoms with van der Waals surface area (Å²) in [7, 11) is -1.96. The van der Waals surface area contributed by atoms with Crippen LogP contribution in [0.1, 0.15) is 60.0 Å². The normalized spacial score (nSPS) is 20.6. The van der Waals surface area contributed by atoms with Crippen molar-refractivity contribution in [2.24, 2.45) is 5.41 Å². The van der Waals surface area contributed by atoms with Crippen LogP contribution in [0, 0.1) is 11.2 Å². The van der Waals surface area contributed by atoms with Gasteiger partial charge in [-0.05, 0) is 79.8 Å². The molecule has 4 aromatic rings. The van der Waals surface area contributed by atoms with Gasteiger partial charge in [-0.1, -0.05) is 12.5 Å². The molecule has 0 spiro atoms. The van der Waals surface area contributed by atoms with Gasteiger partial charge in [0.1, 0.15) is 22.5 Å². The van der Waals surface area contributed by atoms with E-state index in [0.29, 0.717) is 40.0 Å². The van der Waals surface area contributed by atoms with Gasteiger partial charge < -0.3 is 0 Å². The van der Waals surface area contributed by atoms with E-state index in [4.69, 9.17) is 0 Å². The second-order valence-electron chi connectivity index (χ2n) is 10.9. The summed E-state index contributed by atoms with van der Waals surface area (Å²) in [4.78, 5) is 18.4. The fourth-order valence-electron chi connectivity index (χ4n) is 6.25. The minimum Gasteiger partial charge on any atom is -0.291 e. The van der Waals surface area contributed by atoms with Crippen molar-refractivity contribution in [3.8, 4) is 5.69 Å². The fourth-order valence-corrected chi connectivity index (χ4v) is 7.51. The summed E-state index contributed by atoms with van der Waals surface area (Å²) in [6.07, 6.45) is 1.54. The van der Waals surface area contributed by atoms with Gasteiger partial charge in [-0.25, -0.2) is 22.3 Å². The Balaban J connectivity index is 1.42. The van der Waals surface area contributed by atoms with Crippen LogP contribution in [0.15, 0.2) is 71.7 Å². The first-order valence-electron chi connectivity index (χ1n) is 14.0. The van der Waals surface area contributed by atoms with Crippen molar-refractivity contribution < 1.29 is 35.3 Å². The zero-order valence-corrected chi connectivity index (χ0v) is 24.5. The highest BCUT2D eigenvalue weighted by atomic mass is 32.2. The van der Waals surface area contributed by atoms with Crippen LogP contribution in [0.2, 0.25) is 0 Å². The van der Waals surface area contributed by atoms with Crippen LogP contribution in [0.25, 0.3) is 11.8 Å². The Hall–Kier alpha value is -4.11. The molecule has 1 saturated carbocycles. The van der Waals surface area contributed by atoms with Crippen LogP contribution in [0.3, 0.4) is 0 Å². The minimum absolute atomic E-state index is 0.0753. The summed E-state index contributed by atoms with van der Waals surface area (Å²) in [5, 5.41) is 8.13. The number of hydrogen-bond donors (Lipinski definition) is 0. The molecule has 6 rings (SSSR count). The number of Topliss-reactive ketones (excluding diaryl/α,β-unsaturated/α-hetero) is 1. The summed E-state index contributed by atoms with van der Waals surface area (Å²) in [5.74, 6) is -1.04. The molecule has 0 radical (unpaired) electrons. The van der Waals surface area contributed by atoms with Crippen molar-refractivity contribution in [3.63, 3.8) is 0 Å². The van der Waals surface area contributed by atoms with Crippen LogP contribution in [-0.4, -0.2) is 51.4 Å². The van der Waals surface area contributed by atoms with Gasteiger partial charge in [0.15, 0.2) is 10.8 Å². The van der Waals surface area contributed by atoms with E-state index in [0.717, 1.165) is 24.5 Å². The number of carbonyl (C=O) groups excluding carboxylic acids is 1. The summed E-state index contributed by atoms with van der Waals surface area (Å²) in [6.45, 7) is -0.958. The Bertz CT molecular complexity index is 1800. The number of halogens is 6. The highest BCUT2D eigenvalue weighted by molar-refractivity contribution is 7.82. The van der Waals surface area contributed by atoms with Crippen LogP contribution in [0.4, 0.5) is 26.3 Å². The van der Waals surface area contributed by atoms with E-state index in [9.17, 15) is 35.3 Å². The Morgan fingerprint density at radius 1 is 1.18 bits per heavy atom. The maximum absolute atomic E-state index is 14.4. The SMILES string of the molecule is CCN(C1CCC2=Cc3c(cnn3-c3ccc(F)cc3)CC2(C(=O)c2cc(C(F)(F)F)ccn2)C1)S(=O)c1ccn(C(F)F)n1. The molecule has 3 atom stereocenters. The molecule has 45 heavy (non-hydrogen) atoms. The van der Waals surface area contributed by atoms with E-state index >= 15 is 0 Å². The zero-order chi connectivity index (χ0) is 32.1. The van der Waals surface area contributed by atoms with Gasteiger partial charge in [-0.2, -0.15) is 32.1 Å². The lowest BCUT2D eigenvalue weighted by Gasteiger charge is -2.46. The van der Waals surface area contributed by atoms with Gasteiger partial charge >= 0.3 is 12.7 Å². The topological polar surface area (TPSA) is 85.9 Å². The summed E-state index contributed by atoms with van der Waals surface area (Å²) in [5.41, 5.74) is -0.190. The standard InChI is InChI=1S/C30H26F6N6O2S/c1-2-41(45(44)26-10-12-40(39-26)28(32)33)23-6-3-19-14-25-18(17-38-42(25)22-7-4-21(31)5-8-22)15-29(19,16-23)27(43)24-13-20(9-11-37-24)30(34,35)36/h4-5,7-14,17,23,28H,2-3,6,15-16H2,1H3. The van der Waals surface area contributed by atoms with Crippen LogP contribution in [-0.2, 0) is 23.6 Å². The molecule has 1 fully saturated rings. The minimum atomic E-state index is -4.70. The molecule has 2 aliphatic rings. The zero-order valence-electron chi connectivity index (χ0n) is 23.7. The average molecular weight is 649 g/mol. The number of rotatable bonds is 8.